The summed E-state index contributed by atoms with van der Waals surface area (Å²) in [7, 11) is -3.75. The Kier molecular flexibility index (Phi) is 7.43. The summed E-state index contributed by atoms with van der Waals surface area (Å²) < 4.78 is 34.0. The Hall–Kier alpha value is -3.32. The molecule has 1 atom stereocenters. The first-order chi connectivity index (χ1) is 15.6. The van der Waals surface area contributed by atoms with E-state index in [0.717, 1.165) is 22.3 Å². The molecule has 0 saturated heterocycles. The molecule has 6 nitrogen and oxygen atoms in total. The number of ether oxygens (including phenoxy) is 1. The van der Waals surface area contributed by atoms with Crippen molar-refractivity contribution in [2.24, 2.45) is 0 Å². The van der Waals surface area contributed by atoms with E-state index in [4.69, 9.17) is 4.74 Å². The zero-order valence-electron chi connectivity index (χ0n) is 19.6. The van der Waals surface area contributed by atoms with Crippen molar-refractivity contribution < 1.29 is 17.9 Å². The molecule has 174 valence electrons. The van der Waals surface area contributed by atoms with Crippen molar-refractivity contribution in [2.75, 3.05) is 10.0 Å². The van der Waals surface area contributed by atoms with Gasteiger partial charge in [-0.1, -0.05) is 25.1 Å². The fourth-order valence-electron chi connectivity index (χ4n) is 3.29. The maximum atomic E-state index is 12.8. The highest BCUT2D eigenvalue weighted by atomic mass is 32.2. The number of anilines is 2. The Morgan fingerprint density at radius 2 is 1.55 bits per heavy atom. The number of carbonyl (C=O) groups is 1. The average Bonchev–Trinajstić information content (AvgIpc) is 2.77. The lowest BCUT2D eigenvalue weighted by Gasteiger charge is -2.19. The Balaban J connectivity index is 1.69. The molecule has 0 aromatic heterocycles. The van der Waals surface area contributed by atoms with Crippen LogP contribution < -0.4 is 14.8 Å². The van der Waals surface area contributed by atoms with Crippen molar-refractivity contribution in [1.29, 1.82) is 0 Å². The molecule has 0 aliphatic heterocycles. The van der Waals surface area contributed by atoms with Crippen LogP contribution in [0.15, 0.2) is 65.6 Å². The summed E-state index contributed by atoms with van der Waals surface area (Å²) in [5, 5.41) is 2.81. The van der Waals surface area contributed by atoms with Crippen LogP contribution in [0.25, 0.3) is 0 Å². The Bertz CT molecular complexity index is 1250. The Labute approximate surface area is 196 Å². The van der Waals surface area contributed by atoms with E-state index in [1.165, 1.54) is 12.1 Å². The largest absolute Gasteiger partial charge is 0.480 e. The highest BCUT2D eigenvalue weighted by Gasteiger charge is 2.20. The van der Waals surface area contributed by atoms with Crippen LogP contribution in [0.5, 0.6) is 5.75 Å². The fourth-order valence-corrected chi connectivity index (χ4v) is 4.34. The summed E-state index contributed by atoms with van der Waals surface area (Å²) in [4.78, 5) is 12.9. The van der Waals surface area contributed by atoms with Crippen LogP contribution in [0.1, 0.15) is 35.6 Å². The van der Waals surface area contributed by atoms with E-state index < -0.39 is 16.1 Å². The predicted molar refractivity (Wildman–Crippen MR) is 132 cm³/mol. The topological polar surface area (TPSA) is 84.5 Å². The minimum absolute atomic E-state index is 0.109. The van der Waals surface area contributed by atoms with E-state index in [1.54, 1.807) is 24.3 Å². The van der Waals surface area contributed by atoms with Gasteiger partial charge in [0.1, 0.15) is 5.75 Å². The second-order valence-corrected chi connectivity index (χ2v) is 9.81. The second-order valence-electron chi connectivity index (χ2n) is 8.13. The van der Waals surface area contributed by atoms with Gasteiger partial charge in [0.05, 0.1) is 4.90 Å². The lowest BCUT2D eigenvalue weighted by atomic mass is 10.1. The standard InChI is InChI=1S/C26H30N2O4S/c1-6-24(32-25-9-7-8-18(3)20(25)5)26(29)27-21-12-14-23(15-13-21)33(30,31)28-22-11-10-17(2)19(4)16-22/h7-16,24,28H,6H2,1-5H3,(H,27,29)/t24-/m1/s1. The molecule has 0 radical (unpaired) electrons. The van der Waals surface area contributed by atoms with Crippen molar-refractivity contribution in [3.05, 3.63) is 82.9 Å². The molecule has 3 aromatic rings. The summed E-state index contributed by atoms with van der Waals surface area (Å²) in [6, 6.07) is 17.2. The summed E-state index contributed by atoms with van der Waals surface area (Å²) in [5.74, 6) is 0.387. The molecule has 3 rings (SSSR count). The number of rotatable bonds is 8. The van der Waals surface area contributed by atoms with Crippen molar-refractivity contribution in [3.8, 4) is 5.75 Å². The zero-order chi connectivity index (χ0) is 24.2. The number of carbonyl (C=O) groups excluding carboxylic acids is 1. The van der Waals surface area contributed by atoms with Gasteiger partial charge in [-0.15, -0.1) is 0 Å². The molecular formula is C26H30N2O4S. The van der Waals surface area contributed by atoms with E-state index in [-0.39, 0.29) is 10.8 Å². The smallest absolute Gasteiger partial charge is 0.265 e. The molecule has 0 bridgehead atoms. The number of hydrogen-bond acceptors (Lipinski definition) is 4. The summed E-state index contributed by atoms with van der Waals surface area (Å²) >= 11 is 0. The summed E-state index contributed by atoms with van der Waals surface area (Å²) in [6.07, 6.45) is -0.175. The van der Waals surface area contributed by atoms with E-state index in [2.05, 4.69) is 10.0 Å². The first kappa shape index (κ1) is 24.3. The summed E-state index contributed by atoms with van der Waals surface area (Å²) in [6.45, 7) is 9.73. The molecule has 1 amide bonds. The monoisotopic (exact) mass is 466 g/mol. The molecule has 0 saturated carbocycles. The van der Waals surface area contributed by atoms with E-state index in [1.807, 2.05) is 58.9 Å². The summed E-state index contributed by atoms with van der Waals surface area (Å²) in [5.41, 5.74) is 5.17. The van der Waals surface area contributed by atoms with Gasteiger partial charge in [0.25, 0.3) is 15.9 Å². The van der Waals surface area contributed by atoms with Gasteiger partial charge in [-0.3, -0.25) is 9.52 Å². The third kappa shape index (κ3) is 5.93. The number of hydrogen-bond donors (Lipinski definition) is 2. The van der Waals surface area contributed by atoms with E-state index >= 15 is 0 Å². The van der Waals surface area contributed by atoms with Gasteiger partial charge in [0.15, 0.2) is 6.10 Å². The molecule has 0 aliphatic rings. The van der Waals surface area contributed by atoms with Crippen molar-refractivity contribution in [2.45, 2.75) is 52.0 Å². The van der Waals surface area contributed by atoms with Crippen LogP contribution in [0.3, 0.4) is 0 Å². The zero-order valence-corrected chi connectivity index (χ0v) is 20.4. The average molecular weight is 467 g/mol. The Morgan fingerprint density at radius 1 is 0.879 bits per heavy atom. The maximum Gasteiger partial charge on any atom is 0.265 e. The number of aryl methyl sites for hydroxylation is 3. The predicted octanol–water partition coefficient (Wildman–Crippen LogP) is 5.52. The van der Waals surface area contributed by atoms with Crippen LogP contribution in [0, 0.1) is 27.7 Å². The number of nitrogens with one attached hydrogen (secondary N) is 2. The fraction of sp³-hybridized carbons (Fsp3) is 0.269. The number of sulfonamides is 1. The van der Waals surface area contributed by atoms with Gasteiger partial charge in [-0.05, 0) is 98.8 Å². The second kappa shape index (κ2) is 10.1. The third-order valence-corrected chi connectivity index (χ3v) is 7.08. The molecule has 0 unspecified atom stereocenters. The van der Waals surface area contributed by atoms with Gasteiger partial charge in [0, 0.05) is 11.4 Å². The first-order valence-electron chi connectivity index (χ1n) is 10.8. The van der Waals surface area contributed by atoms with Crippen molar-refractivity contribution in [1.82, 2.24) is 0 Å². The molecule has 0 fully saturated rings. The number of amides is 1. The van der Waals surface area contributed by atoms with Gasteiger partial charge >= 0.3 is 0 Å². The first-order valence-corrected chi connectivity index (χ1v) is 12.3. The van der Waals surface area contributed by atoms with Crippen molar-refractivity contribution >= 4 is 27.3 Å². The van der Waals surface area contributed by atoms with Gasteiger partial charge in [-0.25, -0.2) is 8.42 Å². The molecule has 7 heteroatoms. The van der Waals surface area contributed by atoms with Crippen LogP contribution in [-0.4, -0.2) is 20.4 Å². The maximum absolute atomic E-state index is 12.8. The Morgan fingerprint density at radius 3 is 2.18 bits per heavy atom. The molecule has 2 N–H and O–H groups in total. The molecule has 33 heavy (non-hydrogen) atoms. The molecule has 0 spiro atoms. The van der Waals surface area contributed by atoms with E-state index in [0.29, 0.717) is 23.5 Å². The highest BCUT2D eigenvalue weighted by molar-refractivity contribution is 7.92. The minimum atomic E-state index is -3.75. The molecule has 3 aromatic carbocycles. The van der Waals surface area contributed by atoms with Gasteiger partial charge < -0.3 is 10.1 Å². The SMILES string of the molecule is CC[C@@H](Oc1cccc(C)c1C)C(=O)Nc1ccc(S(=O)(=O)Nc2ccc(C)c(C)c2)cc1. The lowest BCUT2D eigenvalue weighted by molar-refractivity contribution is -0.122. The van der Waals surface area contributed by atoms with Gasteiger partial charge in [0.2, 0.25) is 0 Å². The van der Waals surface area contributed by atoms with E-state index in [9.17, 15) is 13.2 Å². The van der Waals surface area contributed by atoms with Crippen LogP contribution in [0.4, 0.5) is 11.4 Å². The van der Waals surface area contributed by atoms with Crippen LogP contribution in [0.2, 0.25) is 0 Å². The normalized spacial score (nSPS) is 12.2. The minimum Gasteiger partial charge on any atom is -0.480 e. The quantitative estimate of drug-likeness (QED) is 0.458. The lowest BCUT2D eigenvalue weighted by Crippen LogP contribution is -2.32. The van der Waals surface area contributed by atoms with Crippen LogP contribution in [-0.2, 0) is 14.8 Å². The third-order valence-electron chi connectivity index (χ3n) is 5.68. The molecule has 0 heterocycles. The number of benzene rings is 3. The van der Waals surface area contributed by atoms with Gasteiger partial charge in [-0.2, -0.15) is 0 Å². The highest BCUT2D eigenvalue weighted by Crippen LogP contribution is 2.24. The molecule has 0 aliphatic carbocycles. The van der Waals surface area contributed by atoms with Crippen molar-refractivity contribution in [3.63, 3.8) is 0 Å². The van der Waals surface area contributed by atoms with Crippen LogP contribution >= 0.6 is 0 Å². The molecular weight excluding hydrogens is 436 g/mol.